The Morgan fingerprint density at radius 3 is 2.37 bits per heavy atom. The third-order valence-corrected chi connectivity index (χ3v) is 7.31. The molecule has 35 heavy (non-hydrogen) atoms. The van der Waals surface area contributed by atoms with Crippen molar-refractivity contribution < 1.29 is 22.4 Å². The van der Waals surface area contributed by atoms with Gasteiger partial charge in [-0.25, -0.2) is 8.42 Å². The van der Waals surface area contributed by atoms with Gasteiger partial charge in [-0.1, -0.05) is 6.07 Å². The summed E-state index contributed by atoms with van der Waals surface area (Å²) in [6, 6.07) is 16.9. The van der Waals surface area contributed by atoms with Crippen molar-refractivity contribution in [2.24, 2.45) is 0 Å². The Morgan fingerprint density at radius 2 is 1.71 bits per heavy atom. The van der Waals surface area contributed by atoms with Crippen LogP contribution in [0.1, 0.15) is 33.1 Å². The molecule has 0 saturated heterocycles. The number of sulfonamides is 1. The maximum Gasteiger partial charge on any atom is 0.262 e. The van der Waals surface area contributed by atoms with Gasteiger partial charge in [0.25, 0.3) is 15.9 Å². The van der Waals surface area contributed by atoms with Gasteiger partial charge in [0.2, 0.25) is 0 Å². The molecule has 0 aliphatic rings. The second-order valence-corrected chi connectivity index (χ2v) is 9.87. The number of carbonyl (C=O) groups excluding carboxylic acids is 1. The lowest BCUT2D eigenvalue weighted by Gasteiger charge is -2.13. The first kappa shape index (κ1) is 24.2. The number of nitrogens with zero attached hydrogens (tertiary/aromatic N) is 1. The molecule has 0 atom stereocenters. The van der Waals surface area contributed by atoms with Crippen LogP contribution >= 0.6 is 0 Å². The molecule has 1 amide bonds. The number of aromatic nitrogens is 1. The van der Waals surface area contributed by atoms with E-state index < -0.39 is 10.0 Å². The van der Waals surface area contributed by atoms with Gasteiger partial charge in [-0.15, -0.1) is 0 Å². The molecule has 0 spiro atoms. The number of rotatable bonds is 8. The first-order chi connectivity index (χ1) is 16.7. The van der Waals surface area contributed by atoms with E-state index in [2.05, 4.69) is 10.0 Å². The molecule has 4 rings (SSSR count). The lowest BCUT2D eigenvalue weighted by molar-refractivity contribution is 0.102. The molecule has 2 aromatic carbocycles. The standard InChI is InChI=1S/C26H27N3O5S/c1-17-7-8-21(15-25(17)35(31,32)28-20-9-11-22(33-4)12-10-20)27-26(30)24-14-18(2)29(19(24)3)16-23-6-5-13-34-23/h5-15,28H,16H2,1-4H3,(H,27,30). The first-order valence-corrected chi connectivity index (χ1v) is 12.4. The highest BCUT2D eigenvalue weighted by molar-refractivity contribution is 7.92. The summed E-state index contributed by atoms with van der Waals surface area (Å²) in [5, 5.41) is 2.83. The quantitative estimate of drug-likeness (QED) is 0.355. The van der Waals surface area contributed by atoms with E-state index in [0.29, 0.717) is 34.8 Å². The van der Waals surface area contributed by atoms with Crippen molar-refractivity contribution in [2.45, 2.75) is 32.2 Å². The maximum absolute atomic E-state index is 13.1. The molecule has 0 bridgehead atoms. The topological polar surface area (TPSA) is 103 Å². The van der Waals surface area contributed by atoms with Gasteiger partial charge in [0.1, 0.15) is 11.5 Å². The molecule has 9 heteroatoms. The summed E-state index contributed by atoms with van der Waals surface area (Å²) in [5.74, 6) is 1.09. The zero-order chi connectivity index (χ0) is 25.2. The molecule has 182 valence electrons. The number of aryl methyl sites for hydroxylation is 2. The second-order valence-electron chi connectivity index (χ2n) is 8.22. The Kier molecular flexibility index (Phi) is 6.70. The SMILES string of the molecule is COc1ccc(NS(=O)(=O)c2cc(NC(=O)c3cc(C)n(Cc4ccco4)c3C)ccc2C)cc1. The molecule has 0 aliphatic carbocycles. The first-order valence-electron chi connectivity index (χ1n) is 11.0. The van der Waals surface area contributed by atoms with Crippen LogP contribution in [0.2, 0.25) is 0 Å². The number of carbonyl (C=O) groups is 1. The van der Waals surface area contributed by atoms with E-state index >= 15 is 0 Å². The van der Waals surface area contributed by atoms with Crippen LogP contribution in [0.3, 0.4) is 0 Å². The molecular weight excluding hydrogens is 466 g/mol. The molecule has 0 fully saturated rings. The molecule has 0 radical (unpaired) electrons. The third-order valence-electron chi connectivity index (χ3n) is 5.79. The monoisotopic (exact) mass is 493 g/mol. The molecule has 4 aromatic rings. The number of hydrogen-bond acceptors (Lipinski definition) is 5. The minimum Gasteiger partial charge on any atom is -0.497 e. The van der Waals surface area contributed by atoms with Crippen LogP contribution in [0.15, 0.2) is 76.2 Å². The average molecular weight is 494 g/mol. The van der Waals surface area contributed by atoms with E-state index in [0.717, 1.165) is 17.1 Å². The van der Waals surface area contributed by atoms with Crippen LogP contribution in [-0.2, 0) is 16.6 Å². The van der Waals surface area contributed by atoms with Crippen molar-refractivity contribution in [2.75, 3.05) is 17.1 Å². The number of methoxy groups -OCH3 is 1. The van der Waals surface area contributed by atoms with Crippen molar-refractivity contribution >= 4 is 27.3 Å². The molecule has 0 saturated carbocycles. The van der Waals surface area contributed by atoms with Gasteiger partial charge in [0, 0.05) is 22.8 Å². The average Bonchev–Trinajstić information content (AvgIpc) is 3.44. The van der Waals surface area contributed by atoms with E-state index in [1.807, 2.05) is 36.6 Å². The van der Waals surface area contributed by atoms with Crippen LogP contribution in [-0.4, -0.2) is 26.0 Å². The Hall–Kier alpha value is -3.98. The smallest absolute Gasteiger partial charge is 0.262 e. The molecule has 8 nitrogen and oxygen atoms in total. The van der Waals surface area contributed by atoms with Crippen molar-refractivity contribution in [3.05, 3.63) is 95.2 Å². The van der Waals surface area contributed by atoms with E-state index in [9.17, 15) is 13.2 Å². The lowest BCUT2D eigenvalue weighted by atomic mass is 10.2. The summed E-state index contributed by atoms with van der Waals surface area (Å²) in [4.78, 5) is 13.2. The highest BCUT2D eigenvalue weighted by Gasteiger charge is 2.20. The highest BCUT2D eigenvalue weighted by atomic mass is 32.2. The minimum atomic E-state index is -3.88. The number of anilines is 2. The third kappa shape index (κ3) is 5.25. The molecule has 2 aromatic heterocycles. The summed E-state index contributed by atoms with van der Waals surface area (Å²) in [6.07, 6.45) is 1.61. The number of nitrogens with one attached hydrogen (secondary N) is 2. The zero-order valence-electron chi connectivity index (χ0n) is 20.0. The van der Waals surface area contributed by atoms with Gasteiger partial charge in [0.15, 0.2) is 0 Å². The number of benzene rings is 2. The summed E-state index contributed by atoms with van der Waals surface area (Å²) in [7, 11) is -2.34. The largest absolute Gasteiger partial charge is 0.497 e. The molecule has 2 N–H and O–H groups in total. The highest BCUT2D eigenvalue weighted by Crippen LogP contribution is 2.25. The Bertz CT molecular complexity index is 1450. The van der Waals surface area contributed by atoms with E-state index in [4.69, 9.17) is 9.15 Å². The zero-order valence-corrected chi connectivity index (χ0v) is 20.8. The van der Waals surface area contributed by atoms with E-state index in [1.54, 1.807) is 56.7 Å². The van der Waals surface area contributed by atoms with Crippen molar-refractivity contribution in [1.29, 1.82) is 0 Å². The van der Waals surface area contributed by atoms with Crippen LogP contribution in [0.5, 0.6) is 5.75 Å². The van der Waals surface area contributed by atoms with Gasteiger partial charge in [-0.3, -0.25) is 9.52 Å². The van der Waals surface area contributed by atoms with Gasteiger partial charge >= 0.3 is 0 Å². The van der Waals surface area contributed by atoms with Crippen molar-refractivity contribution in [3.63, 3.8) is 0 Å². The fraction of sp³-hybridized carbons (Fsp3) is 0.192. The number of amides is 1. The van der Waals surface area contributed by atoms with Crippen molar-refractivity contribution in [3.8, 4) is 5.75 Å². The predicted molar refractivity (Wildman–Crippen MR) is 135 cm³/mol. The summed E-state index contributed by atoms with van der Waals surface area (Å²) in [5.41, 5.74) is 3.56. The van der Waals surface area contributed by atoms with Crippen LogP contribution in [0.4, 0.5) is 11.4 Å². The van der Waals surface area contributed by atoms with Gasteiger partial charge < -0.3 is 19.0 Å². The minimum absolute atomic E-state index is 0.0782. The maximum atomic E-state index is 13.1. The van der Waals surface area contributed by atoms with Gasteiger partial charge in [-0.05, 0) is 80.9 Å². The molecule has 0 unspecified atom stereocenters. The van der Waals surface area contributed by atoms with Crippen LogP contribution in [0.25, 0.3) is 0 Å². The van der Waals surface area contributed by atoms with Crippen LogP contribution in [0, 0.1) is 20.8 Å². The normalized spacial score (nSPS) is 11.3. The summed E-state index contributed by atoms with van der Waals surface area (Å²) < 4.78 is 41.3. The number of furan rings is 1. The number of ether oxygens (including phenoxy) is 1. The van der Waals surface area contributed by atoms with E-state index in [1.165, 1.54) is 6.07 Å². The van der Waals surface area contributed by atoms with Gasteiger partial charge in [0.05, 0.1) is 30.4 Å². The fourth-order valence-corrected chi connectivity index (χ4v) is 5.20. The van der Waals surface area contributed by atoms with Crippen LogP contribution < -0.4 is 14.8 Å². The number of hydrogen-bond donors (Lipinski definition) is 2. The summed E-state index contributed by atoms with van der Waals surface area (Å²) in [6.45, 7) is 6.01. The van der Waals surface area contributed by atoms with E-state index in [-0.39, 0.29) is 10.8 Å². The Morgan fingerprint density at radius 1 is 1.00 bits per heavy atom. The fourth-order valence-electron chi connectivity index (χ4n) is 3.87. The van der Waals surface area contributed by atoms with Gasteiger partial charge in [-0.2, -0.15) is 0 Å². The molecular formula is C26H27N3O5S. The lowest BCUT2D eigenvalue weighted by Crippen LogP contribution is -2.16. The molecule has 2 heterocycles. The predicted octanol–water partition coefficient (Wildman–Crippen LogP) is 5.12. The summed E-state index contributed by atoms with van der Waals surface area (Å²) >= 11 is 0. The second kappa shape index (κ2) is 9.71. The van der Waals surface area contributed by atoms with Crippen molar-refractivity contribution in [1.82, 2.24) is 4.57 Å². The Labute approximate surface area is 204 Å². The molecule has 0 aliphatic heterocycles. The Balaban J connectivity index is 1.55.